The minimum Gasteiger partial charge on any atom is -0.465 e. The standard InChI is InChI=1S/C32H40N4O7S/c1-32(2,3)28(36-31(40)41)30(39)35-26(18-22-13-8-5-9-14-22)27(37)20-24(17-21-11-6-4-7-12-21)34-29(38)23-15-10-16-25(19-23)44(33,42)43/h4-16,19,24,26-28,36-37H,17-18,20H2,1-3H3,(H,34,38)(H,35,39)(H,40,41)(H2,33,42,43)/t24-,26-,27+,28?/m0/s1. The van der Waals surface area contributed by atoms with Gasteiger partial charge in [-0.3, -0.25) is 9.59 Å². The van der Waals surface area contributed by atoms with Gasteiger partial charge >= 0.3 is 6.09 Å². The number of amides is 3. The number of benzene rings is 3. The summed E-state index contributed by atoms with van der Waals surface area (Å²) in [6, 6.07) is 21.3. The van der Waals surface area contributed by atoms with Crippen LogP contribution < -0.4 is 21.1 Å². The fourth-order valence-electron chi connectivity index (χ4n) is 4.85. The molecular formula is C32H40N4O7S. The largest absolute Gasteiger partial charge is 0.465 e. The molecule has 44 heavy (non-hydrogen) atoms. The van der Waals surface area contributed by atoms with E-state index in [0.717, 1.165) is 11.1 Å². The van der Waals surface area contributed by atoms with Crippen LogP contribution >= 0.6 is 0 Å². The summed E-state index contributed by atoms with van der Waals surface area (Å²) < 4.78 is 23.7. The summed E-state index contributed by atoms with van der Waals surface area (Å²) in [5.41, 5.74) is 1.02. The lowest BCUT2D eigenvalue weighted by atomic mass is 9.85. The van der Waals surface area contributed by atoms with E-state index in [1.165, 1.54) is 24.3 Å². The van der Waals surface area contributed by atoms with E-state index in [-0.39, 0.29) is 23.3 Å². The second kappa shape index (κ2) is 15.0. The summed E-state index contributed by atoms with van der Waals surface area (Å²) >= 11 is 0. The molecule has 12 heteroatoms. The van der Waals surface area contributed by atoms with Crippen LogP contribution in [-0.4, -0.2) is 60.8 Å². The Bertz CT molecular complexity index is 1530. The zero-order chi connectivity index (χ0) is 32.5. The summed E-state index contributed by atoms with van der Waals surface area (Å²) in [6.45, 7) is 5.18. The van der Waals surface area contributed by atoms with Crippen molar-refractivity contribution in [3.63, 3.8) is 0 Å². The van der Waals surface area contributed by atoms with E-state index in [0.29, 0.717) is 6.42 Å². The van der Waals surface area contributed by atoms with E-state index in [1.807, 2.05) is 60.7 Å². The summed E-state index contributed by atoms with van der Waals surface area (Å²) in [5, 5.41) is 34.2. The molecule has 7 N–H and O–H groups in total. The molecule has 0 radical (unpaired) electrons. The predicted octanol–water partition coefficient (Wildman–Crippen LogP) is 2.84. The molecule has 0 aliphatic carbocycles. The van der Waals surface area contributed by atoms with Crippen LogP contribution in [0.3, 0.4) is 0 Å². The van der Waals surface area contributed by atoms with Gasteiger partial charge in [0.25, 0.3) is 5.91 Å². The third-order valence-electron chi connectivity index (χ3n) is 7.10. The number of primary sulfonamides is 1. The molecule has 11 nitrogen and oxygen atoms in total. The number of aliphatic hydroxyl groups is 1. The van der Waals surface area contributed by atoms with Crippen molar-refractivity contribution in [2.24, 2.45) is 10.6 Å². The van der Waals surface area contributed by atoms with Crippen LogP contribution in [0.1, 0.15) is 48.7 Å². The Hall–Kier alpha value is -4.26. The van der Waals surface area contributed by atoms with Gasteiger partial charge in [-0.05, 0) is 54.0 Å². The second-order valence-electron chi connectivity index (χ2n) is 11.8. The van der Waals surface area contributed by atoms with E-state index < -0.39 is 57.6 Å². The molecule has 0 bridgehead atoms. The highest BCUT2D eigenvalue weighted by Crippen LogP contribution is 2.21. The molecule has 0 aromatic heterocycles. The Labute approximate surface area is 257 Å². The normalized spacial score (nSPS) is 14.5. The van der Waals surface area contributed by atoms with Gasteiger partial charge in [-0.2, -0.15) is 0 Å². The van der Waals surface area contributed by atoms with Crippen molar-refractivity contribution in [1.29, 1.82) is 0 Å². The Morgan fingerprint density at radius 2 is 1.39 bits per heavy atom. The highest BCUT2D eigenvalue weighted by atomic mass is 32.2. The van der Waals surface area contributed by atoms with Crippen molar-refractivity contribution in [2.45, 2.75) is 69.2 Å². The third kappa shape index (κ3) is 10.5. The van der Waals surface area contributed by atoms with Gasteiger partial charge in [-0.25, -0.2) is 18.4 Å². The van der Waals surface area contributed by atoms with E-state index in [2.05, 4.69) is 16.0 Å². The summed E-state index contributed by atoms with van der Waals surface area (Å²) in [5.74, 6) is -1.16. The maximum absolute atomic E-state index is 13.4. The minimum atomic E-state index is -4.03. The van der Waals surface area contributed by atoms with Crippen molar-refractivity contribution >= 4 is 27.9 Å². The Kier molecular flexibility index (Phi) is 11.6. The number of hydrogen-bond donors (Lipinski definition) is 6. The van der Waals surface area contributed by atoms with Crippen molar-refractivity contribution < 1.29 is 33.0 Å². The minimum absolute atomic E-state index is 0.0137. The van der Waals surface area contributed by atoms with E-state index >= 15 is 0 Å². The van der Waals surface area contributed by atoms with Crippen molar-refractivity contribution in [1.82, 2.24) is 16.0 Å². The van der Waals surface area contributed by atoms with Gasteiger partial charge in [-0.15, -0.1) is 0 Å². The molecule has 0 aliphatic heterocycles. The SMILES string of the molecule is CC(C)(C)C(NC(=O)O)C(=O)N[C@@H](Cc1ccccc1)[C@H](O)C[C@H](Cc1ccccc1)NC(=O)c1cccc(S(N)(=O)=O)c1. The van der Waals surface area contributed by atoms with Gasteiger partial charge in [0, 0.05) is 11.6 Å². The number of carboxylic acid groups (broad SMARTS) is 1. The van der Waals surface area contributed by atoms with Crippen molar-refractivity contribution in [3.8, 4) is 0 Å². The predicted molar refractivity (Wildman–Crippen MR) is 166 cm³/mol. The van der Waals surface area contributed by atoms with Crippen molar-refractivity contribution in [3.05, 3.63) is 102 Å². The molecule has 4 atom stereocenters. The quantitative estimate of drug-likeness (QED) is 0.169. The Morgan fingerprint density at radius 1 is 0.818 bits per heavy atom. The molecule has 0 aliphatic rings. The average Bonchev–Trinajstić information content (AvgIpc) is 2.95. The second-order valence-corrected chi connectivity index (χ2v) is 13.4. The van der Waals surface area contributed by atoms with E-state index in [4.69, 9.17) is 5.14 Å². The van der Waals surface area contributed by atoms with Crippen LogP contribution in [0.2, 0.25) is 0 Å². The van der Waals surface area contributed by atoms with Gasteiger partial charge in [0.2, 0.25) is 15.9 Å². The van der Waals surface area contributed by atoms with Gasteiger partial charge < -0.3 is 26.2 Å². The number of sulfonamides is 1. The van der Waals surface area contributed by atoms with Gasteiger partial charge in [0.15, 0.2) is 0 Å². The zero-order valence-corrected chi connectivity index (χ0v) is 25.8. The number of carbonyl (C=O) groups excluding carboxylic acids is 2. The highest BCUT2D eigenvalue weighted by molar-refractivity contribution is 7.89. The van der Waals surface area contributed by atoms with Crippen LogP contribution in [0.4, 0.5) is 4.79 Å². The monoisotopic (exact) mass is 624 g/mol. The molecule has 3 aromatic carbocycles. The van der Waals surface area contributed by atoms with E-state index in [9.17, 15) is 33.0 Å². The van der Waals surface area contributed by atoms with Crippen LogP contribution in [0.15, 0.2) is 89.8 Å². The number of nitrogens with two attached hydrogens (primary N) is 1. The van der Waals surface area contributed by atoms with Crippen molar-refractivity contribution in [2.75, 3.05) is 0 Å². The maximum atomic E-state index is 13.4. The number of carbonyl (C=O) groups is 3. The van der Waals surface area contributed by atoms with Gasteiger partial charge in [0.05, 0.1) is 17.0 Å². The molecule has 0 spiro atoms. The third-order valence-corrected chi connectivity index (χ3v) is 8.01. The molecule has 0 saturated heterocycles. The fraction of sp³-hybridized carbons (Fsp3) is 0.344. The lowest BCUT2D eigenvalue weighted by molar-refractivity contribution is -0.127. The molecular weight excluding hydrogens is 584 g/mol. The molecule has 0 saturated carbocycles. The molecule has 1 unspecified atom stereocenters. The lowest BCUT2D eigenvalue weighted by Gasteiger charge is -2.33. The molecule has 0 heterocycles. The zero-order valence-electron chi connectivity index (χ0n) is 24.9. The lowest BCUT2D eigenvalue weighted by Crippen LogP contribution is -2.58. The molecule has 3 rings (SSSR count). The first-order valence-electron chi connectivity index (χ1n) is 14.1. The molecule has 0 fully saturated rings. The summed E-state index contributed by atoms with van der Waals surface area (Å²) in [4.78, 5) is 37.9. The fourth-order valence-corrected chi connectivity index (χ4v) is 5.41. The first-order chi connectivity index (χ1) is 20.6. The number of hydrogen-bond acceptors (Lipinski definition) is 6. The molecule has 236 valence electrons. The summed E-state index contributed by atoms with van der Waals surface area (Å²) in [7, 11) is -4.03. The van der Waals surface area contributed by atoms with E-state index in [1.54, 1.807) is 20.8 Å². The van der Waals surface area contributed by atoms with Crippen LogP contribution in [-0.2, 0) is 27.7 Å². The Morgan fingerprint density at radius 3 is 1.91 bits per heavy atom. The van der Waals surface area contributed by atoms with Gasteiger partial charge in [-0.1, -0.05) is 87.5 Å². The first-order valence-corrected chi connectivity index (χ1v) is 15.7. The van der Waals surface area contributed by atoms with Crippen LogP contribution in [0.5, 0.6) is 0 Å². The van der Waals surface area contributed by atoms with Crippen LogP contribution in [0, 0.1) is 5.41 Å². The maximum Gasteiger partial charge on any atom is 0.405 e. The summed E-state index contributed by atoms with van der Waals surface area (Å²) in [6.07, 6.45) is -1.94. The topological polar surface area (TPSA) is 188 Å². The van der Waals surface area contributed by atoms with Crippen LogP contribution in [0.25, 0.3) is 0 Å². The highest BCUT2D eigenvalue weighted by Gasteiger charge is 2.35. The smallest absolute Gasteiger partial charge is 0.405 e. The number of aliphatic hydroxyl groups excluding tert-OH is 1. The Balaban J connectivity index is 1.90. The average molecular weight is 625 g/mol. The molecule has 3 aromatic rings. The first kappa shape index (κ1) is 34.2. The number of nitrogens with one attached hydrogen (secondary N) is 3. The van der Waals surface area contributed by atoms with Gasteiger partial charge in [0.1, 0.15) is 6.04 Å². The molecule has 3 amide bonds. The number of rotatable bonds is 13.